The molecule has 0 amide bonds. The summed E-state index contributed by atoms with van der Waals surface area (Å²) in [6, 6.07) is 0.888. The van der Waals surface area contributed by atoms with Crippen LogP contribution in [0.3, 0.4) is 0 Å². The summed E-state index contributed by atoms with van der Waals surface area (Å²) in [4.78, 5) is 9.97. The number of nitrogens with zero attached hydrogens (tertiary/aromatic N) is 3. The maximum atomic E-state index is 4.69. The number of hydrogen-bond acceptors (Lipinski definition) is 5. The monoisotopic (exact) mass is 294 g/mol. The highest BCUT2D eigenvalue weighted by Crippen LogP contribution is 2.24. The molecule has 0 spiro atoms. The lowest BCUT2D eigenvalue weighted by molar-refractivity contribution is 0.0930. The first-order chi connectivity index (χ1) is 9.85. The Hall–Kier alpha value is -0.490. The molecule has 1 aliphatic heterocycles. The van der Waals surface area contributed by atoms with Crippen LogP contribution in [0.5, 0.6) is 0 Å². The van der Waals surface area contributed by atoms with Crippen LogP contribution in [0.2, 0.25) is 0 Å². The normalized spacial score (nSPS) is 22.6. The molecule has 112 valence electrons. The van der Waals surface area contributed by atoms with Crippen molar-refractivity contribution in [3.05, 3.63) is 16.1 Å². The van der Waals surface area contributed by atoms with E-state index in [0.29, 0.717) is 0 Å². The summed E-state index contributed by atoms with van der Waals surface area (Å²) in [5.41, 5.74) is 1.24. The maximum absolute atomic E-state index is 4.69. The van der Waals surface area contributed by atoms with E-state index in [9.17, 15) is 0 Å². The third-order valence-electron chi connectivity index (χ3n) is 4.56. The van der Waals surface area contributed by atoms with Crippen molar-refractivity contribution in [1.82, 2.24) is 20.1 Å². The van der Waals surface area contributed by atoms with E-state index < -0.39 is 0 Å². The molecular formula is C15H26N4S. The second kappa shape index (κ2) is 6.98. The summed E-state index contributed by atoms with van der Waals surface area (Å²) in [6.45, 7) is 6.82. The number of nitrogens with one attached hydrogen (secondary N) is 1. The maximum Gasteiger partial charge on any atom is 0.107 e. The zero-order valence-corrected chi connectivity index (χ0v) is 13.3. The van der Waals surface area contributed by atoms with Crippen LogP contribution < -0.4 is 5.32 Å². The van der Waals surface area contributed by atoms with Crippen molar-refractivity contribution >= 4 is 11.3 Å². The van der Waals surface area contributed by atoms with E-state index in [2.05, 4.69) is 20.5 Å². The van der Waals surface area contributed by atoms with Crippen LogP contribution in [-0.2, 0) is 13.1 Å². The third-order valence-corrected chi connectivity index (χ3v) is 5.46. The minimum atomic E-state index is 0.888. The average Bonchev–Trinajstić information content (AvgIpc) is 3.12. The quantitative estimate of drug-likeness (QED) is 0.899. The van der Waals surface area contributed by atoms with Gasteiger partial charge in [0.05, 0.1) is 5.69 Å². The number of thiazole rings is 1. The number of rotatable bonds is 5. The second-order valence-electron chi connectivity index (χ2n) is 6.01. The Morgan fingerprint density at radius 1 is 1.25 bits per heavy atom. The van der Waals surface area contributed by atoms with Crippen LogP contribution in [0.15, 0.2) is 5.38 Å². The summed E-state index contributed by atoms with van der Waals surface area (Å²) in [5, 5.41) is 6.58. The summed E-state index contributed by atoms with van der Waals surface area (Å²) in [6.07, 6.45) is 5.74. The van der Waals surface area contributed by atoms with E-state index in [1.807, 2.05) is 7.05 Å². The molecular weight excluding hydrogens is 268 g/mol. The summed E-state index contributed by atoms with van der Waals surface area (Å²) in [7, 11) is 1.98. The number of piperazine rings is 1. The van der Waals surface area contributed by atoms with Crippen molar-refractivity contribution < 1.29 is 0 Å². The molecule has 0 aromatic carbocycles. The molecule has 0 unspecified atom stereocenters. The van der Waals surface area contributed by atoms with Gasteiger partial charge in [-0.3, -0.25) is 9.80 Å². The average molecular weight is 294 g/mol. The Morgan fingerprint density at radius 2 is 2.00 bits per heavy atom. The minimum absolute atomic E-state index is 0.888. The van der Waals surface area contributed by atoms with Gasteiger partial charge in [0.2, 0.25) is 0 Å². The molecule has 20 heavy (non-hydrogen) atoms. The van der Waals surface area contributed by atoms with E-state index in [0.717, 1.165) is 19.1 Å². The Bertz CT molecular complexity index is 406. The highest BCUT2D eigenvalue weighted by molar-refractivity contribution is 7.09. The van der Waals surface area contributed by atoms with Crippen LogP contribution in [0.4, 0.5) is 0 Å². The van der Waals surface area contributed by atoms with E-state index >= 15 is 0 Å². The molecule has 1 aromatic rings. The van der Waals surface area contributed by atoms with Gasteiger partial charge < -0.3 is 5.32 Å². The lowest BCUT2D eigenvalue weighted by Crippen LogP contribution is -2.49. The fourth-order valence-corrected chi connectivity index (χ4v) is 4.24. The number of hydrogen-bond donors (Lipinski definition) is 1. The van der Waals surface area contributed by atoms with Crippen LogP contribution in [0, 0.1) is 0 Å². The van der Waals surface area contributed by atoms with Gasteiger partial charge in [-0.1, -0.05) is 12.8 Å². The van der Waals surface area contributed by atoms with Crippen molar-refractivity contribution in [2.45, 2.75) is 44.8 Å². The van der Waals surface area contributed by atoms with Crippen LogP contribution in [0.1, 0.15) is 36.4 Å². The summed E-state index contributed by atoms with van der Waals surface area (Å²) < 4.78 is 0. The first kappa shape index (κ1) is 14.4. The summed E-state index contributed by atoms with van der Waals surface area (Å²) >= 11 is 1.77. The predicted octanol–water partition coefficient (Wildman–Crippen LogP) is 1.92. The highest BCUT2D eigenvalue weighted by atomic mass is 32.1. The molecule has 5 heteroatoms. The molecule has 0 atom stereocenters. The zero-order valence-electron chi connectivity index (χ0n) is 12.5. The lowest BCUT2D eigenvalue weighted by Gasteiger charge is -2.37. The molecule has 1 saturated carbocycles. The fourth-order valence-electron chi connectivity index (χ4n) is 3.44. The minimum Gasteiger partial charge on any atom is -0.314 e. The topological polar surface area (TPSA) is 31.4 Å². The Morgan fingerprint density at radius 3 is 2.70 bits per heavy atom. The van der Waals surface area contributed by atoms with Crippen molar-refractivity contribution in [1.29, 1.82) is 0 Å². The van der Waals surface area contributed by atoms with E-state index in [1.165, 1.54) is 62.6 Å². The Balaban J connectivity index is 1.45. The lowest BCUT2D eigenvalue weighted by atomic mass is 10.2. The zero-order chi connectivity index (χ0) is 13.8. The smallest absolute Gasteiger partial charge is 0.107 e. The molecule has 0 radical (unpaired) electrons. The van der Waals surface area contributed by atoms with Crippen LogP contribution in [-0.4, -0.2) is 54.1 Å². The van der Waals surface area contributed by atoms with Gasteiger partial charge in [-0.05, 0) is 19.9 Å². The van der Waals surface area contributed by atoms with Crippen LogP contribution in [0.25, 0.3) is 0 Å². The van der Waals surface area contributed by atoms with Gasteiger partial charge in [0.1, 0.15) is 5.01 Å². The SMILES string of the molecule is CNCc1nc(CN2CCN(C3CCCC3)CC2)cs1. The van der Waals surface area contributed by atoms with E-state index in [1.54, 1.807) is 11.3 Å². The predicted molar refractivity (Wildman–Crippen MR) is 84.0 cm³/mol. The Kier molecular flexibility index (Phi) is 5.04. The summed E-state index contributed by atoms with van der Waals surface area (Å²) in [5.74, 6) is 0. The molecule has 0 bridgehead atoms. The van der Waals surface area contributed by atoms with Crippen LogP contribution >= 0.6 is 11.3 Å². The molecule has 2 fully saturated rings. The molecule has 4 nitrogen and oxygen atoms in total. The highest BCUT2D eigenvalue weighted by Gasteiger charge is 2.26. The molecule has 1 N–H and O–H groups in total. The Labute approximate surface area is 126 Å². The molecule has 1 saturated heterocycles. The van der Waals surface area contributed by atoms with E-state index in [4.69, 9.17) is 4.98 Å². The molecule has 1 aliphatic carbocycles. The molecule has 3 rings (SSSR count). The number of aromatic nitrogens is 1. The standard InChI is InChI=1S/C15H26N4S/c1-16-10-15-17-13(12-20-15)11-18-6-8-19(9-7-18)14-4-2-3-5-14/h12,14,16H,2-11H2,1H3. The first-order valence-corrected chi connectivity index (χ1v) is 8.77. The van der Waals surface area contributed by atoms with Gasteiger partial charge >= 0.3 is 0 Å². The van der Waals surface area contributed by atoms with Gasteiger partial charge in [0, 0.05) is 50.7 Å². The van der Waals surface area contributed by atoms with Crippen molar-refractivity contribution in [3.8, 4) is 0 Å². The van der Waals surface area contributed by atoms with Gasteiger partial charge in [-0.2, -0.15) is 0 Å². The second-order valence-corrected chi connectivity index (χ2v) is 6.96. The van der Waals surface area contributed by atoms with Crippen molar-refractivity contribution in [2.75, 3.05) is 33.2 Å². The largest absolute Gasteiger partial charge is 0.314 e. The van der Waals surface area contributed by atoms with Crippen molar-refractivity contribution in [3.63, 3.8) is 0 Å². The molecule has 2 aliphatic rings. The van der Waals surface area contributed by atoms with Gasteiger partial charge in [0.15, 0.2) is 0 Å². The fraction of sp³-hybridized carbons (Fsp3) is 0.800. The van der Waals surface area contributed by atoms with Crippen molar-refractivity contribution in [2.24, 2.45) is 0 Å². The molecule has 1 aromatic heterocycles. The van der Waals surface area contributed by atoms with Gasteiger partial charge in [-0.25, -0.2) is 4.98 Å². The van der Waals surface area contributed by atoms with Gasteiger partial charge in [0.25, 0.3) is 0 Å². The van der Waals surface area contributed by atoms with Gasteiger partial charge in [-0.15, -0.1) is 11.3 Å². The van der Waals surface area contributed by atoms with E-state index in [-0.39, 0.29) is 0 Å². The first-order valence-electron chi connectivity index (χ1n) is 7.89. The third kappa shape index (κ3) is 3.58. The molecule has 2 heterocycles.